The van der Waals surface area contributed by atoms with Gasteiger partial charge in [-0.3, -0.25) is 4.79 Å². The van der Waals surface area contributed by atoms with E-state index >= 15 is 0 Å². The second-order valence-electron chi connectivity index (χ2n) is 5.03. The standard InChI is InChI=1S/C15H20O3/c1-18-15(17)10-14(11-5-2-3-6-11)12-7-4-8-13(16)9-12/h4,7-9,11,14,16H,2-3,5-6,10H2,1H3/t14-/m1/s1. The molecule has 0 aliphatic heterocycles. The number of phenolic OH excluding ortho intramolecular Hbond substituents is 1. The van der Waals surface area contributed by atoms with Crippen molar-refractivity contribution in [1.29, 1.82) is 0 Å². The van der Waals surface area contributed by atoms with E-state index in [-0.39, 0.29) is 17.6 Å². The molecule has 3 nitrogen and oxygen atoms in total. The molecule has 0 heterocycles. The van der Waals surface area contributed by atoms with Crippen molar-refractivity contribution in [2.75, 3.05) is 7.11 Å². The van der Waals surface area contributed by atoms with E-state index in [2.05, 4.69) is 0 Å². The molecule has 0 unspecified atom stereocenters. The van der Waals surface area contributed by atoms with E-state index in [1.54, 1.807) is 12.1 Å². The lowest BCUT2D eigenvalue weighted by atomic mass is 9.82. The highest BCUT2D eigenvalue weighted by Gasteiger charge is 2.28. The smallest absolute Gasteiger partial charge is 0.306 e. The molecule has 1 atom stereocenters. The fraction of sp³-hybridized carbons (Fsp3) is 0.533. The van der Waals surface area contributed by atoms with Gasteiger partial charge in [-0.05, 0) is 42.4 Å². The molecule has 98 valence electrons. The topological polar surface area (TPSA) is 46.5 Å². The summed E-state index contributed by atoms with van der Waals surface area (Å²) in [7, 11) is 1.43. The molecule has 1 aliphatic carbocycles. The number of aromatic hydroxyl groups is 1. The van der Waals surface area contributed by atoms with Crippen molar-refractivity contribution >= 4 is 5.97 Å². The van der Waals surface area contributed by atoms with E-state index in [4.69, 9.17) is 4.74 Å². The van der Waals surface area contributed by atoms with Gasteiger partial charge in [-0.1, -0.05) is 25.0 Å². The van der Waals surface area contributed by atoms with Crippen LogP contribution >= 0.6 is 0 Å². The average Bonchev–Trinajstić information content (AvgIpc) is 2.89. The van der Waals surface area contributed by atoms with Crippen LogP contribution in [0.3, 0.4) is 0 Å². The van der Waals surface area contributed by atoms with Crippen LogP contribution in [0, 0.1) is 5.92 Å². The number of benzene rings is 1. The van der Waals surface area contributed by atoms with Crippen LogP contribution in [0.15, 0.2) is 24.3 Å². The van der Waals surface area contributed by atoms with E-state index in [1.165, 1.54) is 20.0 Å². The van der Waals surface area contributed by atoms with Gasteiger partial charge >= 0.3 is 5.97 Å². The first kappa shape index (κ1) is 12.9. The summed E-state index contributed by atoms with van der Waals surface area (Å²) in [6.45, 7) is 0. The van der Waals surface area contributed by atoms with Crippen molar-refractivity contribution in [3.63, 3.8) is 0 Å². The Balaban J connectivity index is 2.20. The van der Waals surface area contributed by atoms with Crippen LogP contribution in [0.5, 0.6) is 5.75 Å². The Hall–Kier alpha value is -1.51. The Morgan fingerprint density at radius 2 is 2.17 bits per heavy atom. The van der Waals surface area contributed by atoms with Gasteiger partial charge in [0.05, 0.1) is 13.5 Å². The molecular weight excluding hydrogens is 228 g/mol. The largest absolute Gasteiger partial charge is 0.508 e. The quantitative estimate of drug-likeness (QED) is 0.832. The zero-order valence-electron chi connectivity index (χ0n) is 10.8. The summed E-state index contributed by atoms with van der Waals surface area (Å²) in [5, 5.41) is 9.58. The molecule has 3 heteroatoms. The van der Waals surface area contributed by atoms with Crippen LogP contribution in [-0.4, -0.2) is 18.2 Å². The lowest BCUT2D eigenvalue weighted by Gasteiger charge is -2.23. The molecule has 1 aromatic carbocycles. The van der Waals surface area contributed by atoms with Gasteiger partial charge in [0.25, 0.3) is 0 Å². The van der Waals surface area contributed by atoms with Crippen molar-refractivity contribution in [2.24, 2.45) is 5.92 Å². The number of carbonyl (C=O) groups is 1. The minimum absolute atomic E-state index is 0.171. The first-order valence-electron chi connectivity index (χ1n) is 6.56. The van der Waals surface area contributed by atoms with E-state index in [0.717, 1.165) is 18.4 Å². The summed E-state index contributed by atoms with van der Waals surface area (Å²) < 4.78 is 4.79. The second kappa shape index (κ2) is 5.89. The maximum absolute atomic E-state index is 11.6. The zero-order chi connectivity index (χ0) is 13.0. The van der Waals surface area contributed by atoms with Crippen LogP contribution in [-0.2, 0) is 9.53 Å². The maximum Gasteiger partial charge on any atom is 0.306 e. The zero-order valence-corrected chi connectivity index (χ0v) is 10.8. The molecule has 0 spiro atoms. The molecule has 1 aliphatic rings. The van der Waals surface area contributed by atoms with Crippen molar-refractivity contribution in [3.05, 3.63) is 29.8 Å². The Kier molecular flexibility index (Phi) is 4.24. The molecule has 1 saturated carbocycles. The monoisotopic (exact) mass is 248 g/mol. The first-order valence-corrected chi connectivity index (χ1v) is 6.56. The number of phenols is 1. The van der Waals surface area contributed by atoms with Crippen molar-refractivity contribution in [2.45, 2.75) is 38.0 Å². The summed E-state index contributed by atoms with van der Waals surface area (Å²) in [4.78, 5) is 11.6. The number of hydrogen-bond donors (Lipinski definition) is 1. The van der Waals surface area contributed by atoms with Crippen LogP contribution in [0.4, 0.5) is 0 Å². The van der Waals surface area contributed by atoms with Crippen molar-refractivity contribution < 1.29 is 14.6 Å². The summed E-state index contributed by atoms with van der Waals surface area (Å²) >= 11 is 0. The fourth-order valence-corrected chi connectivity index (χ4v) is 2.93. The van der Waals surface area contributed by atoms with Crippen LogP contribution < -0.4 is 0 Å². The molecule has 0 amide bonds. The summed E-state index contributed by atoms with van der Waals surface area (Å²) in [5.74, 6) is 0.800. The van der Waals surface area contributed by atoms with Crippen LogP contribution in [0.25, 0.3) is 0 Å². The minimum Gasteiger partial charge on any atom is -0.508 e. The molecule has 0 bridgehead atoms. The maximum atomic E-state index is 11.6. The fourth-order valence-electron chi connectivity index (χ4n) is 2.93. The first-order chi connectivity index (χ1) is 8.70. The normalized spacial score (nSPS) is 17.6. The lowest BCUT2D eigenvalue weighted by Crippen LogP contribution is -2.15. The number of methoxy groups -OCH3 is 1. The van der Waals surface area contributed by atoms with Crippen LogP contribution in [0.1, 0.15) is 43.6 Å². The molecule has 1 N–H and O–H groups in total. The lowest BCUT2D eigenvalue weighted by molar-refractivity contribution is -0.141. The molecule has 1 aromatic rings. The molecule has 0 aromatic heterocycles. The Bertz CT molecular complexity index is 408. The average molecular weight is 248 g/mol. The van der Waals surface area contributed by atoms with Gasteiger partial charge in [0.15, 0.2) is 0 Å². The van der Waals surface area contributed by atoms with Gasteiger partial charge in [0.1, 0.15) is 5.75 Å². The minimum atomic E-state index is -0.171. The second-order valence-corrected chi connectivity index (χ2v) is 5.03. The van der Waals surface area contributed by atoms with Gasteiger partial charge in [-0.25, -0.2) is 0 Å². The highest BCUT2D eigenvalue weighted by Crippen LogP contribution is 2.40. The van der Waals surface area contributed by atoms with E-state index in [1.807, 2.05) is 12.1 Å². The molecule has 0 radical (unpaired) electrons. The predicted octanol–water partition coefficient (Wildman–Crippen LogP) is 3.23. The molecule has 1 fully saturated rings. The summed E-state index contributed by atoms with van der Waals surface area (Å²) in [6, 6.07) is 7.26. The third-order valence-corrected chi connectivity index (χ3v) is 3.88. The number of esters is 1. The predicted molar refractivity (Wildman–Crippen MR) is 69.4 cm³/mol. The van der Waals surface area contributed by atoms with Gasteiger partial charge in [-0.15, -0.1) is 0 Å². The van der Waals surface area contributed by atoms with Gasteiger partial charge in [-0.2, -0.15) is 0 Å². The van der Waals surface area contributed by atoms with Crippen LogP contribution in [0.2, 0.25) is 0 Å². The van der Waals surface area contributed by atoms with E-state index < -0.39 is 0 Å². The molecule has 2 rings (SSSR count). The summed E-state index contributed by atoms with van der Waals surface area (Å²) in [6.07, 6.45) is 5.21. The Labute approximate surface area is 108 Å². The van der Waals surface area contributed by atoms with Gasteiger partial charge in [0, 0.05) is 0 Å². The Morgan fingerprint density at radius 3 is 2.78 bits per heavy atom. The Morgan fingerprint density at radius 1 is 1.44 bits per heavy atom. The van der Waals surface area contributed by atoms with Gasteiger partial charge < -0.3 is 9.84 Å². The van der Waals surface area contributed by atoms with E-state index in [9.17, 15) is 9.90 Å². The molecule has 18 heavy (non-hydrogen) atoms. The van der Waals surface area contributed by atoms with Crippen molar-refractivity contribution in [3.8, 4) is 5.75 Å². The van der Waals surface area contributed by atoms with E-state index in [0.29, 0.717) is 12.3 Å². The third kappa shape index (κ3) is 3.03. The SMILES string of the molecule is COC(=O)C[C@@H](c1cccc(O)c1)C1CCCC1. The van der Waals surface area contributed by atoms with Gasteiger partial charge in [0.2, 0.25) is 0 Å². The summed E-state index contributed by atoms with van der Waals surface area (Å²) in [5.41, 5.74) is 1.05. The highest BCUT2D eigenvalue weighted by atomic mass is 16.5. The highest BCUT2D eigenvalue weighted by molar-refractivity contribution is 5.70. The number of ether oxygens (including phenoxy) is 1. The number of hydrogen-bond acceptors (Lipinski definition) is 3. The number of carbonyl (C=O) groups excluding carboxylic acids is 1. The molecular formula is C15H20O3. The third-order valence-electron chi connectivity index (χ3n) is 3.88. The van der Waals surface area contributed by atoms with Crippen molar-refractivity contribution in [1.82, 2.24) is 0 Å². The number of rotatable bonds is 4. The molecule has 0 saturated heterocycles.